The van der Waals surface area contributed by atoms with Gasteiger partial charge in [0.05, 0.1) is 23.4 Å². The zero-order valence-corrected chi connectivity index (χ0v) is 23.2. The second-order valence-corrected chi connectivity index (χ2v) is 10.0. The first-order chi connectivity index (χ1) is 20.0. The van der Waals surface area contributed by atoms with Crippen LogP contribution in [0.4, 0.5) is 11.4 Å². The number of amides is 2. The smallest absolute Gasteiger partial charge is 0.247 e. The normalized spacial score (nSPS) is 12.5. The third kappa shape index (κ3) is 8.59. The zero-order valence-electron chi connectivity index (χ0n) is 23.2. The summed E-state index contributed by atoms with van der Waals surface area (Å²) >= 11 is 0. The summed E-state index contributed by atoms with van der Waals surface area (Å²) in [6.07, 6.45) is 2.99. The third-order valence-corrected chi connectivity index (χ3v) is 6.95. The first-order valence-corrected chi connectivity index (χ1v) is 14.0. The van der Waals surface area contributed by atoms with Gasteiger partial charge in [-0.3, -0.25) is 14.6 Å². The standard InChI is InChI=1S/C32H39N7O2/c33-16-18-39(19-17-34)27-13-10-24(11-14-27)20-28(35)31(40)38-30(15-12-23-6-2-1-3-7-23)32(41)37-26-21-25-8-4-5-9-29(25)36-22-26/h1-11,13-14,21-22,28,30H,12,15-20,33-35H2,(H,37,41)(H,38,40)/t28-,30-/m0/s1. The molecule has 0 bridgehead atoms. The minimum absolute atomic E-state index is 0.317. The molecule has 8 N–H and O–H groups in total. The number of aromatic nitrogens is 1. The summed E-state index contributed by atoms with van der Waals surface area (Å²) in [6.45, 7) is 2.48. The van der Waals surface area contributed by atoms with Gasteiger partial charge in [0.25, 0.3) is 0 Å². The van der Waals surface area contributed by atoms with Gasteiger partial charge >= 0.3 is 0 Å². The van der Waals surface area contributed by atoms with Crippen LogP contribution in [0.1, 0.15) is 17.5 Å². The fourth-order valence-corrected chi connectivity index (χ4v) is 4.74. The van der Waals surface area contributed by atoms with Crippen LogP contribution in [0.2, 0.25) is 0 Å². The maximum atomic E-state index is 13.4. The molecular weight excluding hydrogens is 514 g/mol. The van der Waals surface area contributed by atoms with Gasteiger partial charge in [-0.05, 0) is 54.7 Å². The Bertz CT molecular complexity index is 1410. The highest BCUT2D eigenvalue weighted by Crippen LogP contribution is 2.18. The van der Waals surface area contributed by atoms with E-state index in [9.17, 15) is 9.59 Å². The SMILES string of the molecule is NCCN(CCN)c1ccc(C[C@H](N)C(=O)N[C@@H](CCc2ccccc2)C(=O)Nc2cnc3ccccc3c2)cc1. The van der Waals surface area contributed by atoms with Crippen LogP contribution in [0.15, 0.2) is 91.1 Å². The van der Waals surface area contributed by atoms with Crippen molar-refractivity contribution in [2.24, 2.45) is 17.2 Å². The number of pyridine rings is 1. The molecule has 0 aliphatic rings. The van der Waals surface area contributed by atoms with Crippen LogP contribution >= 0.6 is 0 Å². The number of carbonyl (C=O) groups is 2. The molecule has 3 aromatic carbocycles. The molecule has 0 saturated heterocycles. The average Bonchev–Trinajstić information content (AvgIpc) is 2.99. The number of rotatable bonds is 14. The lowest BCUT2D eigenvalue weighted by atomic mass is 10.0. The number of hydrogen-bond donors (Lipinski definition) is 5. The van der Waals surface area contributed by atoms with Crippen LogP contribution in [0.3, 0.4) is 0 Å². The Balaban J connectivity index is 1.42. The monoisotopic (exact) mass is 553 g/mol. The summed E-state index contributed by atoms with van der Waals surface area (Å²) < 4.78 is 0. The van der Waals surface area contributed by atoms with Crippen LogP contribution in [-0.2, 0) is 22.4 Å². The van der Waals surface area contributed by atoms with E-state index in [1.807, 2.05) is 84.9 Å². The first kappa shape index (κ1) is 29.7. The number of fused-ring (bicyclic) bond motifs is 1. The molecule has 4 aromatic rings. The van der Waals surface area contributed by atoms with Crippen LogP contribution in [0.25, 0.3) is 10.9 Å². The molecule has 2 atom stereocenters. The van der Waals surface area contributed by atoms with E-state index in [0.717, 1.165) is 27.7 Å². The van der Waals surface area contributed by atoms with Crippen molar-refractivity contribution in [3.63, 3.8) is 0 Å². The Morgan fingerprint density at radius 3 is 2.22 bits per heavy atom. The highest BCUT2D eigenvalue weighted by molar-refractivity contribution is 5.99. The molecule has 41 heavy (non-hydrogen) atoms. The molecule has 9 nitrogen and oxygen atoms in total. The average molecular weight is 554 g/mol. The molecule has 1 heterocycles. The van der Waals surface area contributed by atoms with Crippen molar-refractivity contribution in [1.82, 2.24) is 10.3 Å². The minimum Gasteiger partial charge on any atom is -0.369 e. The van der Waals surface area contributed by atoms with Crippen molar-refractivity contribution in [2.45, 2.75) is 31.3 Å². The molecule has 0 spiro atoms. The summed E-state index contributed by atoms with van der Waals surface area (Å²) in [5.41, 5.74) is 22.2. The lowest BCUT2D eigenvalue weighted by Crippen LogP contribution is -2.50. The summed E-state index contributed by atoms with van der Waals surface area (Å²) in [6, 6.07) is 25.7. The number of benzene rings is 3. The number of para-hydroxylation sites is 1. The molecule has 0 aliphatic carbocycles. The molecule has 0 fully saturated rings. The van der Waals surface area contributed by atoms with Crippen LogP contribution in [0.5, 0.6) is 0 Å². The minimum atomic E-state index is -0.820. The summed E-state index contributed by atoms with van der Waals surface area (Å²) in [4.78, 5) is 33.1. The van der Waals surface area contributed by atoms with Gasteiger partial charge in [0, 0.05) is 37.3 Å². The molecule has 0 saturated carbocycles. The van der Waals surface area contributed by atoms with E-state index in [1.165, 1.54) is 0 Å². The summed E-state index contributed by atoms with van der Waals surface area (Å²) in [5.74, 6) is -0.699. The van der Waals surface area contributed by atoms with Crippen LogP contribution in [-0.4, -0.2) is 55.1 Å². The first-order valence-electron chi connectivity index (χ1n) is 14.0. The molecule has 4 rings (SSSR count). The van der Waals surface area contributed by atoms with Crippen molar-refractivity contribution in [1.29, 1.82) is 0 Å². The number of anilines is 2. The van der Waals surface area contributed by atoms with Gasteiger partial charge in [0.15, 0.2) is 0 Å². The second kappa shape index (κ2) is 14.9. The van der Waals surface area contributed by atoms with Gasteiger partial charge in [-0.25, -0.2) is 0 Å². The predicted octanol–water partition coefficient (Wildman–Crippen LogP) is 2.58. The van der Waals surface area contributed by atoms with E-state index in [0.29, 0.717) is 51.1 Å². The number of aryl methyl sites for hydroxylation is 1. The zero-order chi connectivity index (χ0) is 29.0. The molecule has 9 heteroatoms. The summed E-state index contributed by atoms with van der Waals surface area (Å²) in [5, 5.41) is 6.73. The quantitative estimate of drug-likeness (QED) is 0.161. The van der Waals surface area contributed by atoms with E-state index in [2.05, 4.69) is 20.5 Å². The van der Waals surface area contributed by atoms with Gasteiger partial charge in [-0.2, -0.15) is 0 Å². The van der Waals surface area contributed by atoms with E-state index < -0.39 is 12.1 Å². The van der Waals surface area contributed by atoms with Crippen molar-refractivity contribution in [2.75, 3.05) is 36.4 Å². The Morgan fingerprint density at radius 2 is 1.51 bits per heavy atom. The molecule has 2 amide bonds. The molecule has 0 aliphatic heterocycles. The number of nitrogens with zero attached hydrogens (tertiary/aromatic N) is 2. The van der Waals surface area contributed by atoms with Gasteiger partial charge in [-0.1, -0.05) is 60.7 Å². The van der Waals surface area contributed by atoms with Gasteiger partial charge in [0.1, 0.15) is 6.04 Å². The fraction of sp³-hybridized carbons (Fsp3) is 0.281. The van der Waals surface area contributed by atoms with Gasteiger partial charge in [0.2, 0.25) is 11.8 Å². The van der Waals surface area contributed by atoms with E-state index in [1.54, 1.807) is 6.20 Å². The van der Waals surface area contributed by atoms with Crippen molar-refractivity contribution in [3.8, 4) is 0 Å². The van der Waals surface area contributed by atoms with Crippen molar-refractivity contribution in [3.05, 3.63) is 102 Å². The number of nitrogens with two attached hydrogens (primary N) is 3. The number of nitrogens with one attached hydrogen (secondary N) is 2. The fourth-order valence-electron chi connectivity index (χ4n) is 4.74. The van der Waals surface area contributed by atoms with Crippen LogP contribution in [0, 0.1) is 0 Å². The lowest BCUT2D eigenvalue weighted by Gasteiger charge is -2.24. The Morgan fingerprint density at radius 1 is 0.829 bits per heavy atom. The molecule has 1 aromatic heterocycles. The predicted molar refractivity (Wildman–Crippen MR) is 166 cm³/mol. The highest BCUT2D eigenvalue weighted by Gasteiger charge is 2.24. The van der Waals surface area contributed by atoms with Crippen LogP contribution < -0.4 is 32.7 Å². The van der Waals surface area contributed by atoms with Gasteiger partial charge in [-0.15, -0.1) is 0 Å². The van der Waals surface area contributed by atoms with Crippen molar-refractivity contribution >= 4 is 34.1 Å². The lowest BCUT2D eigenvalue weighted by molar-refractivity contribution is -0.127. The van der Waals surface area contributed by atoms with E-state index in [4.69, 9.17) is 17.2 Å². The molecule has 0 unspecified atom stereocenters. The second-order valence-electron chi connectivity index (χ2n) is 10.0. The Labute approximate surface area is 241 Å². The largest absolute Gasteiger partial charge is 0.369 e. The topological polar surface area (TPSA) is 152 Å². The third-order valence-electron chi connectivity index (χ3n) is 6.95. The highest BCUT2D eigenvalue weighted by atomic mass is 16.2. The molecule has 0 radical (unpaired) electrons. The van der Waals surface area contributed by atoms with Crippen molar-refractivity contribution < 1.29 is 9.59 Å². The Kier molecular flexibility index (Phi) is 10.8. The van der Waals surface area contributed by atoms with E-state index in [-0.39, 0.29) is 11.8 Å². The molecule has 214 valence electrons. The summed E-state index contributed by atoms with van der Waals surface area (Å²) in [7, 11) is 0. The molecular formula is C32H39N7O2. The maximum absolute atomic E-state index is 13.4. The number of hydrogen-bond acceptors (Lipinski definition) is 7. The number of carbonyl (C=O) groups excluding carboxylic acids is 2. The Hall–Kier alpha value is -4.31. The van der Waals surface area contributed by atoms with Gasteiger partial charge < -0.3 is 32.7 Å². The maximum Gasteiger partial charge on any atom is 0.247 e. The van der Waals surface area contributed by atoms with E-state index >= 15 is 0 Å².